The fourth-order valence-electron chi connectivity index (χ4n) is 1.90. The first kappa shape index (κ1) is 14.1. The van der Waals surface area contributed by atoms with E-state index >= 15 is 0 Å². The monoisotopic (exact) mass is 246 g/mol. The number of aliphatic hydroxyl groups is 2. The molecule has 6 heteroatoms. The summed E-state index contributed by atoms with van der Waals surface area (Å²) in [5, 5.41) is 18.3. The molecule has 0 aliphatic carbocycles. The predicted octanol–water partition coefficient (Wildman–Crippen LogP) is -0.731. The lowest BCUT2D eigenvalue weighted by molar-refractivity contribution is -0.172. The third kappa shape index (κ3) is 3.02. The van der Waals surface area contributed by atoms with E-state index in [0.29, 0.717) is 0 Å². The van der Waals surface area contributed by atoms with Gasteiger partial charge >= 0.3 is 5.97 Å². The number of carbonyl (C=O) groups excluding carboxylic acids is 2. The van der Waals surface area contributed by atoms with Crippen LogP contribution in [-0.4, -0.2) is 54.5 Å². The Morgan fingerprint density at radius 1 is 1.65 bits per heavy atom. The van der Waals surface area contributed by atoms with Crippen LogP contribution in [0, 0.1) is 5.41 Å². The first-order chi connectivity index (χ1) is 8.06. The Morgan fingerprint density at radius 3 is 2.88 bits per heavy atom. The lowest BCUT2D eigenvalue weighted by Gasteiger charge is -2.34. The Kier molecular flexibility index (Phi) is 5.04. The maximum Gasteiger partial charge on any atom is 0.322 e. The van der Waals surface area contributed by atoms with Crippen LogP contribution in [0.1, 0.15) is 19.8 Å². The normalized spacial score (nSPS) is 26.6. The van der Waals surface area contributed by atoms with E-state index in [4.69, 9.17) is 14.6 Å². The molecule has 0 aromatic rings. The summed E-state index contributed by atoms with van der Waals surface area (Å²) in [5.41, 5.74) is -1.46. The molecule has 2 atom stereocenters. The molecular formula is C11H18O6. The van der Waals surface area contributed by atoms with Crippen molar-refractivity contribution in [2.45, 2.75) is 25.9 Å². The molecule has 98 valence electrons. The summed E-state index contributed by atoms with van der Waals surface area (Å²) in [7, 11) is 0. The van der Waals surface area contributed by atoms with Crippen molar-refractivity contribution in [1.29, 1.82) is 0 Å². The van der Waals surface area contributed by atoms with E-state index in [9.17, 15) is 14.7 Å². The van der Waals surface area contributed by atoms with E-state index in [-0.39, 0.29) is 38.4 Å². The van der Waals surface area contributed by atoms with Crippen molar-refractivity contribution in [3.05, 3.63) is 0 Å². The summed E-state index contributed by atoms with van der Waals surface area (Å²) >= 11 is 0. The molecular weight excluding hydrogens is 228 g/mol. The van der Waals surface area contributed by atoms with E-state index in [1.54, 1.807) is 6.92 Å². The Morgan fingerprint density at radius 2 is 2.35 bits per heavy atom. The van der Waals surface area contributed by atoms with Gasteiger partial charge in [-0.15, -0.1) is 0 Å². The highest BCUT2D eigenvalue weighted by molar-refractivity contribution is 6.04. The van der Waals surface area contributed by atoms with E-state index < -0.39 is 24.1 Å². The van der Waals surface area contributed by atoms with Gasteiger partial charge in [-0.2, -0.15) is 0 Å². The average molecular weight is 246 g/mol. The van der Waals surface area contributed by atoms with Crippen LogP contribution in [-0.2, 0) is 19.1 Å². The van der Waals surface area contributed by atoms with Crippen molar-refractivity contribution in [2.75, 3.05) is 26.4 Å². The maximum absolute atomic E-state index is 11.9. The Labute approximate surface area is 99.5 Å². The third-order valence-corrected chi connectivity index (χ3v) is 2.82. The Bertz CT molecular complexity index is 290. The summed E-state index contributed by atoms with van der Waals surface area (Å²) in [6, 6.07) is 0. The second-order valence-electron chi connectivity index (χ2n) is 4.07. The summed E-state index contributed by atoms with van der Waals surface area (Å²) < 4.78 is 10.0. The third-order valence-electron chi connectivity index (χ3n) is 2.82. The van der Waals surface area contributed by atoms with Gasteiger partial charge < -0.3 is 19.7 Å². The number of hydrogen-bond donors (Lipinski definition) is 2. The highest BCUT2D eigenvalue weighted by Crippen LogP contribution is 2.32. The van der Waals surface area contributed by atoms with E-state index in [0.717, 1.165) is 0 Å². The van der Waals surface area contributed by atoms with Crippen LogP contribution < -0.4 is 0 Å². The van der Waals surface area contributed by atoms with Crippen LogP contribution in [0.3, 0.4) is 0 Å². The predicted molar refractivity (Wildman–Crippen MR) is 57.2 cm³/mol. The largest absolute Gasteiger partial charge is 0.465 e. The molecule has 0 bridgehead atoms. The number of carbonyl (C=O) groups is 2. The highest BCUT2D eigenvalue weighted by atomic mass is 16.5. The number of rotatable bonds is 5. The molecule has 1 aliphatic rings. The van der Waals surface area contributed by atoms with Crippen LogP contribution in [0.4, 0.5) is 0 Å². The molecule has 17 heavy (non-hydrogen) atoms. The fraction of sp³-hybridized carbons (Fsp3) is 0.818. The van der Waals surface area contributed by atoms with E-state index in [1.807, 2.05) is 0 Å². The molecule has 1 aliphatic heterocycles. The van der Waals surface area contributed by atoms with Crippen molar-refractivity contribution in [3.63, 3.8) is 0 Å². The Balaban J connectivity index is 2.89. The molecule has 0 aromatic carbocycles. The van der Waals surface area contributed by atoms with Crippen LogP contribution in [0.2, 0.25) is 0 Å². The van der Waals surface area contributed by atoms with E-state index in [2.05, 4.69) is 0 Å². The van der Waals surface area contributed by atoms with Crippen LogP contribution in [0.25, 0.3) is 0 Å². The topological polar surface area (TPSA) is 93.1 Å². The van der Waals surface area contributed by atoms with Gasteiger partial charge in [-0.25, -0.2) is 0 Å². The zero-order chi connectivity index (χ0) is 12.9. The van der Waals surface area contributed by atoms with Crippen molar-refractivity contribution < 1.29 is 29.3 Å². The number of hydrogen-bond acceptors (Lipinski definition) is 6. The van der Waals surface area contributed by atoms with Gasteiger partial charge in [0.15, 0.2) is 11.2 Å². The molecule has 0 spiro atoms. The molecule has 1 saturated heterocycles. The quantitative estimate of drug-likeness (QED) is 0.490. The first-order valence-corrected chi connectivity index (χ1v) is 5.64. The minimum absolute atomic E-state index is 0.0955. The lowest BCUT2D eigenvalue weighted by Crippen LogP contribution is -2.50. The summed E-state index contributed by atoms with van der Waals surface area (Å²) in [6.07, 6.45) is -1.18. The van der Waals surface area contributed by atoms with Gasteiger partial charge in [-0.3, -0.25) is 9.59 Å². The zero-order valence-corrected chi connectivity index (χ0v) is 9.85. The highest BCUT2D eigenvalue weighted by Gasteiger charge is 2.50. The second kappa shape index (κ2) is 6.09. The van der Waals surface area contributed by atoms with Crippen molar-refractivity contribution in [2.24, 2.45) is 5.41 Å². The molecule has 1 fully saturated rings. The lowest BCUT2D eigenvalue weighted by atomic mass is 9.76. The molecule has 0 saturated carbocycles. The second-order valence-corrected chi connectivity index (χ2v) is 4.07. The molecule has 1 heterocycles. The summed E-state index contributed by atoms with van der Waals surface area (Å²) in [4.78, 5) is 23.8. The van der Waals surface area contributed by atoms with Gasteiger partial charge in [0, 0.05) is 12.8 Å². The number of aliphatic hydroxyl groups excluding tert-OH is 2. The zero-order valence-electron chi connectivity index (χ0n) is 9.85. The van der Waals surface area contributed by atoms with Gasteiger partial charge in [-0.1, -0.05) is 0 Å². The molecule has 2 N–H and O–H groups in total. The molecule has 0 radical (unpaired) electrons. The Hall–Kier alpha value is -0.980. The number of esters is 1. The van der Waals surface area contributed by atoms with Crippen LogP contribution >= 0.6 is 0 Å². The number of Topliss-reactive ketones (excluding diaryl/α,β-unsaturated/α-hetero) is 1. The molecule has 0 aromatic heterocycles. The molecule has 6 nitrogen and oxygen atoms in total. The van der Waals surface area contributed by atoms with Crippen LogP contribution in [0.5, 0.6) is 0 Å². The SMILES string of the molecule is CCOC(=O)C1(CC(O)CO)COCCC1=O. The summed E-state index contributed by atoms with van der Waals surface area (Å²) in [5.74, 6) is -0.980. The van der Waals surface area contributed by atoms with Crippen molar-refractivity contribution >= 4 is 11.8 Å². The fourth-order valence-corrected chi connectivity index (χ4v) is 1.90. The van der Waals surface area contributed by atoms with Crippen molar-refractivity contribution in [1.82, 2.24) is 0 Å². The van der Waals surface area contributed by atoms with Crippen LogP contribution in [0.15, 0.2) is 0 Å². The maximum atomic E-state index is 11.9. The smallest absolute Gasteiger partial charge is 0.322 e. The minimum atomic E-state index is -1.46. The molecule has 0 amide bonds. The first-order valence-electron chi connectivity index (χ1n) is 5.64. The molecule has 1 rings (SSSR count). The summed E-state index contributed by atoms with van der Waals surface area (Å²) in [6.45, 7) is 1.47. The minimum Gasteiger partial charge on any atom is -0.465 e. The molecule has 2 unspecified atom stereocenters. The standard InChI is InChI=1S/C11H18O6/c1-2-17-10(15)11(5-8(13)6-12)7-16-4-3-9(11)14/h8,12-13H,2-7H2,1H3. The van der Waals surface area contributed by atoms with Gasteiger partial charge in [0.1, 0.15) is 0 Å². The average Bonchev–Trinajstić information content (AvgIpc) is 2.32. The number of ketones is 1. The van der Waals surface area contributed by atoms with Gasteiger partial charge in [0.05, 0.1) is 32.5 Å². The van der Waals surface area contributed by atoms with Crippen molar-refractivity contribution in [3.8, 4) is 0 Å². The number of ether oxygens (including phenoxy) is 2. The van der Waals surface area contributed by atoms with Gasteiger partial charge in [-0.05, 0) is 6.92 Å². The van der Waals surface area contributed by atoms with Gasteiger partial charge in [0.2, 0.25) is 0 Å². The van der Waals surface area contributed by atoms with Gasteiger partial charge in [0.25, 0.3) is 0 Å². The van der Waals surface area contributed by atoms with E-state index in [1.165, 1.54) is 0 Å².